The van der Waals surface area contributed by atoms with Crippen LogP contribution in [0.25, 0.3) is 55.3 Å². The highest BCUT2D eigenvalue weighted by molar-refractivity contribution is 5.99. The number of carbonyl (C=O) groups is 9. The average molecular weight is 1670 g/mol. The number of amides is 8. The number of benzene rings is 1. The standard InChI is InChI=1S/C25H25N7O3.C24H26N4O3.C22H29N3O4.C21H27N3O4/c1-31-29-22(28-30-31)16-2-4-17(5-3-16)24(34)32-10-7-25(8-11-32)13-19(25)14-27-23(33)20-12-18-6-9-26-15-21(18)35-20;1-15-9-16(2)26-13-19(15)23(30)28-7-4-24(5-8-28)11-18(24)12-27-22(29)20-10-17-3-6-25-14-21(17)31-20;1-21(2,28)5-3-19(26)25-9-6-22(7-10-25)12-16(22)13-24-20(27)17-11-15-4-8-23-14-18(15)29-17;1-14(25)4-5-19(26)24(3)9-7-21(2)11-16(21)12-23-20(27)17-10-15-6-8-22-13-18(15)28-17/h2-6,9,12,15,19H,7-8,10-11,13-14H2,1H3,(H,27,33);3,6,9-10,13-14,18H,4-5,7-8,11-12H2,1-2H3,(H,27,29);4,8,11,14,16,28H,3,5-7,9-10,12-13H2,1-2H3,(H,24,27);6,8,10,13,16H,4-5,7,9,11-12H2,1-3H3,(H,23,27). The molecule has 13 heterocycles. The van der Waals surface area contributed by atoms with Crippen LogP contribution in [-0.4, -0.2) is 208 Å². The van der Waals surface area contributed by atoms with Gasteiger partial charge in [-0.15, -0.1) is 10.2 Å². The minimum absolute atomic E-state index is 0.00341. The Morgan fingerprint density at radius 3 is 1.31 bits per heavy atom. The van der Waals surface area contributed by atoms with Crippen LogP contribution in [0.2, 0.25) is 0 Å². The highest BCUT2D eigenvalue weighted by Gasteiger charge is 2.57. The molecule has 0 radical (unpaired) electrons. The van der Waals surface area contributed by atoms with Gasteiger partial charge in [0, 0.05) is 168 Å². The number of nitrogens with zero attached hydrogens (tertiary/aromatic N) is 13. The molecule has 31 heteroatoms. The maximum atomic E-state index is 13.0. The van der Waals surface area contributed by atoms with Gasteiger partial charge in [0.25, 0.3) is 35.4 Å². The van der Waals surface area contributed by atoms with E-state index in [9.17, 15) is 48.3 Å². The summed E-state index contributed by atoms with van der Waals surface area (Å²) in [5.74, 6) is 3.02. The number of pyridine rings is 5. The minimum atomic E-state index is -0.803. The zero-order valence-electron chi connectivity index (χ0n) is 71.0. The van der Waals surface area contributed by atoms with Crippen molar-refractivity contribution < 1.29 is 65.9 Å². The Bertz CT molecular complexity index is 5600. The van der Waals surface area contributed by atoms with Crippen LogP contribution in [0.15, 0.2) is 152 Å². The Labute approximate surface area is 711 Å². The SMILES string of the molecule is CC(=O)CCC(=O)N(C)CCC1(C)CC1CNC(=O)c1cc2ccncc2o1.CC(C)(O)CCC(=O)N1CCC2(CC1)CC2CNC(=O)c1cc2ccncc2o1.Cc1cc(C)c(C(=O)N2CCC3(CC2)CC3CNC(=O)c2cc3ccncc3o2)cn1.Cn1nnc(-c2ccc(C(=O)N3CCC4(CC3)CC4CNC(=O)c3cc4ccncc4o3)cc2)n1. The number of aryl methyl sites for hydroxylation is 3. The summed E-state index contributed by atoms with van der Waals surface area (Å²) in [5.41, 5.74) is 6.59. The third-order valence-electron chi connectivity index (χ3n) is 26.5. The van der Waals surface area contributed by atoms with Crippen LogP contribution in [-0.2, 0) is 21.4 Å². The molecule has 5 unspecified atom stereocenters. The molecular formula is C92H107N17O14. The van der Waals surface area contributed by atoms with Gasteiger partial charge in [-0.1, -0.05) is 19.1 Å². The summed E-state index contributed by atoms with van der Waals surface area (Å²) >= 11 is 0. The molecule has 18 rings (SSSR count). The van der Waals surface area contributed by atoms with Crippen molar-refractivity contribution in [2.75, 3.05) is 79.0 Å². The fourth-order valence-corrected chi connectivity index (χ4v) is 17.9. The van der Waals surface area contributed by atoms with Crippen LogP contribution in [0.1, 0.15) is 198 Å². The lowest BCUT2D eigenvalue weighted by Gasteiger charge is -2.33. The van der Waals surface area contributed by atoms with E-state index in [2.05, 4.69) is 68.5 Å². The van der Waals surface area contributed by atoms with E-state index in [1.807, 2.05) is 83.1 Å². The smallest absolute Gasteiger partial charge is 0.287 e. The van der Waals surface area contributed by atoms with Crippen LogP contribution in [0.3, 0.4) is 0 Å². The highest BCUT2D eigenvalue weighted by Crippen LogP contribution is 2.61. The number of tetrazole rings is 1. The lowest BCUT2D eigenvalue weighted by atomic mass is 9.90. The van der Waals surface area contributed by atoms with E-state index in [-0.39, 0.29) is 81.1 Å². The highest BCUT2D eigenvalue weighted by atomic mass is 16.4. The third kappa shape index (κ3) is 20.5. The first-order chi connectivity index (χ1) is 59.0. The molecule has 5 N–H and O–H groups in total. The third-order valence-corrected chi connectivity index (χ3v) is 26.5. The molecule has 5 atom stereocenters. The van der Waals surface area contributed by atoms with E-state index in [1.54, 1.807) is 113 Å². The van der Waals surface area contributed by atoms with Gasteiger partial charge in [-0.25, -0.2) is 0 Å². The number of fused-ring (bicyclic) bond motifs is 4. The molecule has 11 aromatic rings. The second kappa shape index (κ2) is 36.0. The number of likely N-dealkylation sites (tertiary alicyclic amines) is 3. The molecule has 7 aliphatic rings. The minimum Gasteiger partial charge on any atom is -0.449 e. The number of ketones is 1. The zero-order valence-corrected chi connectivity index (χ0v) is 71.0. The molecule has 3 aliphatic heterocycles. The van der Waals surface area contributed by atoms with E-state index < -0.39 is 5.60 Å². The predicted molar refractivity (Wildman–Crippen MR) is 455 cm³/mol. The van der Waals surface area contributed by atoms with Crippen LogP contribution >= 0.6 is 0 Å². The Hall–Kier alpha value is -12.4. The first kappa shape index (κ1) is 85.6. The molecule has 4 saturated carbocycles. The second-order valence-corrected chi connectivity index (χ2v) is 35.6. The van der Waals surface area contributed by atoms with Gasteiger partial charge in [0.05, 0.1) is 43.0 Å². The first-order valence-electron chi connectivity index (χ1n) is 42.6. The van der Waals surface area contributed by atoms with Gasteiger partial charge in [0.15, 0.2) is 45.4 Å². The summed E-state index contributed by atoms with van der Waals surface area (Å²) in [4.78, 5) is 140. The maximum absolute atomic E-state index is 13.0. The normalized spacial score (nSPS) is 19.9. The Balaban J connectivity index is 0.000000128. The Morgan fingerprint density at radius 1 is 0.520 bits per heavy atom. The summed E-state index contributed by atoms with van der Waals surface area (Å²) in [5, 5.41) is 37.3. The molecule has 1 aromatic carbocycles. The van der Waals surface area contributed by atoms with Crippen molar-refractivity contribution in [1.29, 1.82) is 0 Å². The van der Waals surface area contributed by atoms with Gasteiger partial charge < -0.3 is 68.4 Å². The van der Waals surface area contributed by atoms with Crippen molar-refractivity contribution in [3.05, 3.63) is 180 Å². The Morgan fingerprint density at radius 2 is 0.927 bits per heavy atom. The van der Waals surface area contributed by atoms with Crippen LogP contribution in [0.5, 0.6) is 0 Å². The number of Topliss-reactive ketones (excluding diaryl/α,β-unsaturated/α-hetero) is 1. The molecule has 3 spiro atoms. The molecular weight excluding hydrogens is 1570 g/mol. The number of aliphatic hydroxyl groups is 1. The lowest BCUT2D eigenvalue weighted by Crippen LogP contribution is -2.40. The number of aromatic nitrogens is 9. The van der Waals surface area contributed by atoms with Crippen molar-refractivity contribution in [2.24, 2.45) is 52.4 Å². The van der Waals surface area contributed by atoms with Crippen molar-refractivity contribution in [1.82, 2.24) is 86.0 Å². The predicted octanol–water partition coefficient (Wildman–Crippen LogP) is 11.7. The summed E-state index contributed by atoms with van der Waals surface area (Å²) < 4.78 is 22.3. The number of nitrogens with one attached hydrogen (secondary N) is 4. The quantitative estimate of drug-likeness (QED) is 0.0375. The van der Waals surface area contributed by atoms with Crippen LogP contribution in [0.4, 0.5) is 0 Å². The fraction of sp³-hybridized carbons (Fsp3) is 0.467. The van der Waals surface area contributed by atoms with E-state index in [1.165, 1.54) is 11.7 Å². The van der Waals surface area contributed by atoms with E-state index in [4.69, 9.17) is 17.7 Å². The number of hydrogen-bond donors (Lipinski definition) is 5. The summed E-state index contributed by atoms with van der Waals surface area (Å²) in [6.07, 6.45) is 27.3. The number of rotatable bonds is 24. The van der Waals surface area contributed by atoms with Crippen molar-refractivity contribution in [2.45, 2.75) is 143 Å². The summed E-state index contributed by atoms with van der Waals surface area (Å²) in [7, 11) is 3.50. The molecule has 0 bridgehead atoms. The molecule has 644 valence electrons. The van der Waals surface area contributed by atoms with Gasteiger partial charge in [-0.3, -0.25) is 63.3 Å². The van der Waals surface area contributed by atoms with Crippen molar-refractivity contribution >= 4 is 96.9 Å². The topological polar surface area (TPSA) is 396 Å². The van der Waals surface area contributed by atoms with Gasteiger partial charge >= 0.3 is 0 Å². The maximum Gasteiger partial charge on any atom is 0.287 e. The van der Waals surface area contributed by atoms with Crippen molar-refractivity contribution in [3.8, 4) is 11.4 Å². The largest absolute Gasteiger partial charge is 0.449 e. The lowest BCUT2D eigenvalue weighted by molar-refractivity contribution is -0.134. The molecule has 4 aliphatic carbocycles. The van der Waals surface area contributed by atoms with E-state index in [0.717, 1.165) is 148 Å². The van der Waals surface area contributed by atoms with E-state index in [0.29, 0.717) is 138 Å². The monoisotopic (exact) mass is 1670 g/mol. The second-order valence-electron chi connectivity index (χ2n) is 35.6. The first-order valence-corrected chi connectivity index (χ1v) is 42.6. The number of hydrogen-bond acceptors (Lipinski definition) is 22. The van der Waals surface area contributed by atoms with Crippen LogP contribution in [0, 0.1) is 59.2 Å². The fourth-order valence-electron chi connectivity index (χ4n) is 17.9. The molecule has 8 amide bonds. The van der Waals surface area contributed by atoms with Crippen molar-refractivity contribution in [3.63, 3.8) is 0 Å². The number of furan rings is 4. The molecule has 7 fully saturated rings. The molecule has 123 heavy (non-hydrogen) atoms. The summed E-state index contributed by atoms with van der Waals surface area (Å²) in [6, 6.07) is 23.5. The zero-order chi connectivity index (χ0) is 86.5. The van der Waals surface area contributed by atoms with Gasteiger partial charge in [-0.2, -0.15) is 4.80 Å². The van der Waals surface area contributed by atoms with Crippen LogP contribution < -0.4 is 21.3 Å². The average Bonchev–Trinajstić information content (AvgIpc) is 1.60. The van der Waals surface area contributed by atoms with Gasteiger partial charge in [0.2, 0.25) is 17.6 Å². The molecule has 10 aromatic heterocycles. The van der Waals surface area contributed by atoms with Gasteiger partial charge in [-0.05, 0) is 235 Å². The van der Waals surface area contributed by atoms with Gasteiger partial charge in [0.1, 0.15) is 5.78 Å². The number of carbonyl (C=O) groups excluding carboxylic acids is 9. The molecule has 3 saturated heterocycles. The Kier molecular flexibility index (Phi) is 25.0. The molecule has 31 nitrogen and oxygen atoms in total. The number of piperidine rings is 3. The summed E-state index contributed by atoms with van der Waals surface area (Å²) in [6.45, 7) is 18.7. The van der Waals surface area contributed by atoms with E-state index >= 15 is 0 Å².